The molecule has 1 aromatic heterocycles. The standard InChI is InChI=1S/C10H3F2O6P/c1-2-3-5(12)7-9-8(17-19(14,16-7)18-9)6(3)15-10(13)4(2)11/h1H3. The zero-order chi connectivity index (χ0) is 13.5. The molecule has 0 fully saturated rings. The van der Waals surface area contributed by atoms with Crippen molar-refractivity contribution in [2.45, 2.75) is 6.92 Å². The van der Waals surface area contributed by atoms with E-state index < -0.39 is 30.8 Å². The molecule has 0 saturated heterocycles. The van der Waals surface area contributed by atoms with Gasteiger partial charge in [-0.15, -0.1) is 0 Å². The van der Waals surface area contributed by atoms with Crippen LogP contribution in [0.25, 0.3) is 11.0 Å². The van der Waals surface area contributed by atoms with E-state index in [0.717, 1.165) is 0 Å². The van der Waals surface area contributed by atoms with E-state index in [0.29, 0.717) is 0 Å². The summed E-state index contributed by atoms with van der Waals surface area (Å²) >= 11 is 0. The third kappa shape index (κ3) is 1.10. The first kappa shape index (κ1) is 10.8. The van der Waals surface area contributed by atoms with Crippen molar-refractivity contribution in [2.24, 2.45) is 0 Å². The van der Waals surface area contributed by atoms with E-state index in [4.69, 9.17) is 13.6 Å². The zero-order valence-corrected chi connectivity index (χ0v) is 10.0. The minimum absolute atomic E-state index is 0.207. The summed E-state index contributed by atoms with van der Waals surface area (Å²) in [6.07, 6.45) is 0. The monoisotopic (exact) mass is 288 g/mol. The van der Waals surface area contributed by atoms with Crippen LogP contribution in [0.3, 0.4) is 0 Å². The quantitative estimate of drug-likeness (QED) is 0.548. The molecule has 1 aromatic carbocycles. The van der Waals surface area contributed by atoms with Crippen molar-refractivity contribution in [3.05, 3.63) is 27.6 Å². The predicted octanol–water partition coefficient (Wildman–Crippen LogP) is 2.65. The van der Waals surface area contributed by atoms with Crippen molar-refractivity contribution >= 4 is 18.8 Å². The zero-order valence-electron chi connectivity index (χ0n) is 9.15. The molecule has 0 aliphatic carbocycles. The van der Waals surface area contributed by atoms with Crippen molar-refractivity contribution in [2.75, 3.05) is 0 Å². The van der Waals surface area contributed by atoms with Gasteiger partial charge in [0.2, 0.25) is 23.1 Å². The van der Waals surface area contributed by atoms with Crippen molar-refractivity contribution in [1.82, 2.24) is 0 Å². The number of hydrogen-bond acceptors (Lipinski definition) is 6. The number of phosphoric ester groups is 1. The van der Waals surface area contributed by atoms with Gasteiger partial charge in [-0.3, -0.25) is 0 Å². The van der Waals surface area contributed by atoms with Crippen LogP contribution in [-0.4, -0.2) is 0 Å². The first-order valence-electron chi connectivity index (χ1n) is 5.08. The molecule has 2 aromatic rings. The van der Waals surface area contributed by atoms with Crippen LogP contribution in [0.15, 0.2) is 9.21 Å². The fourth-order valence-corrected chi connectivity index (χ4v) is 3.38. The lowest BCUT2D eigenvalue weighted by Gasteiger charge is -2.13. The number of rotatable bonds is 0. The van der Waals surface area contributed by atoms with Gasteiger partial charge in [0.25, 0.3) is 0 Å². The van der Waals surface area contributed by atoms with E-state index in [1.807, 2.05) is 0 Å². The van der Waals surface area contributed by atoms with Gasteiger partial charge in [-0.05, 0) is 6.92 Å². The molecule has 98 valence electrons. The highest BCUT2D eigenvalue weighted by molar-refractivity contribution is 7.50. The molecule has 2 aliphatic rings. The average Bonchev–Trinajstić information content (AvgIpc) is 2.86. The van der Waals surface area contributed by atoms with Gasteiger partial charge in [0, 0.05) is 5.56 Å². The molecular weight excluding hydrogens is 285 g/mol. The van der Waals surface area contributed by atoms with Crippen LogP contribution < -0.4 is 19.2 Å². The first-order chi connectivity index (χ1) is 8.91. The van der Waals surface area contributed by atoms with Crippen LogP contribution in [0.1, 0.15) is 5.56 Å². The maximum Gasteiger partial charge on any atom is 0.647 e. The van der Waals surface area contributed by atoms with E-state index in [9.17, 15) is 18.1 Å². The highest BCUT2D eigenvalue weighted by atomic mass is 31.2. The fraction of sp³-hybridized carbons (Fsp3) is 0.100. The fourth-order valence-electron chi connectivity index (χ4n) is 2.10. The maximum atomic E-state index is 14.2. The molecule has 0 saturated carbocycles. The molecule has 0 spiro atoms. The van der Waals surface area contributed by atoms with E-state index >= 15 is 0 Å². The lowest BCUT2D eigenvalue weighted by atomic mass is 10.1. The number of phosphoric acid groups is 1. The molecule has 1 atom stereocenters. The molecular formula is C10H3F2O6P. The summed E-state index contributed by atoms with van der Waals surface area (Å²) in [5.74, 6) is -3.08. The Balaban J connectivity index is 2.29. The van der Waals surface area contributed by atoms with E-state index in [2.05, 4.69) is 4.42 Å². The summed E-state index contributed by atoms with van der Waals surface area (Å²) in [7, 11) is -3.92. The van der Waals surface area contributed by atoms with Crippen LogP contribution in [-0.2, 0) is 4.57 Å². The summed E-state index contributed by atoms with van der Waals surface area (Å²) < 4.78 is 58.5. The Bertz CT molecular complexity index is 886. The van der Waals surface area contributed by atoms with Crippen molar-refractivity contribution in [3.8, 4) is 17.2 Å². The Hall–Kier alpha value is -2.08. The number of halogens is 2. The largest absolute Gasteiger partial charge is 0.647 e. The number of fused-ring (bicyclic) bond motifs is 3. The van der Waals surface area contributed by atoms with Gasteiger partial charge in [-0.2, -0.15) is 8.96 Å². The van der Waals surface area contributed by atoms with Gasteiger partial charge in [-0.25, -0.2) is 9.18 Å². The van der Waals surface area contributed by atoms with E-state index in [1.165, 1.54) is 6.92 Å². The second-order valence-electron chi connectivity index (χ2n) is 4.06. The van der Waals surface area contributed by atoms with Gasteiger partial charge < -0.3 is 18.0 Å². The molecule has 4 rings (SSSR count). The third-order valence-corrected chi connectivity index (χ3v) is 4.17. The summed E-state index contributed by atoms with van der Waals surface area (Å²) in [5.41, 5.74) is -1.86. The van der Waals surface area contributed by atoms with E-state index in [1.54, 1.807) is 0 Å². The van der Waals surface area contributed by atoms with Crippen LogP contribution in [0.4, 0.5) is 8.78 Å². The Morgan fingerprint density at radius 2 is 1.63 bits per heavy atom. The number of hydrogen-bond donors (Lipinski definition) is 0. The molecule has 2 bridgehead atoms. The lowest BCUT2D eigenvalue weighted by molar-refractivity contribution is 0.346. The third-order valence-electron chi connectivity index (χ3n) is 2.95. The molecule has 0 N–H and O–H groups in total. The Kier molecular flexibility index (Phi) is 1.65. The maximum absolute atomic E-state index is 14.2. The Labute approximate surface area is 103 Å². The SMILES string of the molecule is Cc1c(F)c(=O)oc2c3c4c(c(F)c12)OP(=O)(O4)O3. The summed E-state index contributed by atoms with van der Waals surface area (Å²) in [6.45, 7) is 1.21. The number of aryl methyl sites for hydroxylation is 1. The molecule has 1 unspecified atom stereocenters. The molecule has 0 amide bonds. The molecule has 2 aliphatic heterocycles. The molecule has 6 nitrogen and oxygen atoms in total. The minimum Gasteiger partial charge on any atom is -0.416 e. The van der Waals surface area contributed by atoms with Gasteiger partial charge in [-0.1, -0.05) is 0 Å². The second-order valence-corrected chi connectivity index (χ2v) is 5.50. The Morgan fingerprint density at radius 1 is 1.00 bits per heavy atom. The smallest absolute Gasteiger partial charge is 0.416 e. The molecule has 3 heterocycles. The van der Waals surface area contributed by atoms with Gasteiger partial charge in [0.1, 0.15) is 0 Å². The highest BCUT2D eigenvalue weighted by Crippen LogP contribution is 2.71. The Morgan fingerprint density at radius 3 is 2.32 bits per heavy atom. The summed E-state index contributed by atoms with van der Waals surface area (Å²) in [6, 6.07) is 0. The summed E-state index contributed by atoms with van der Waals surface area (Å²) in [4.78, 5) is 11.3. The number of benzene rings is 1. The molecule has 9 heteroatoms. The van der Waals surface area contributed by atoms with Crippen molar-refractivity contribution < 1.29 is 31.3 Å². The average molecular weight is 288 g/mol. The minimum atomic E-state index is -3.92. The van der Waals surface area contributed by atoms with Gasteiger partial charge in [0.05, 0.1) is 5.39 Å². The molecule has 19 heavy (non-hydrogen) atoms. The van der Waals surface area contributed by atoms with E-state index in [-0.39, 0.29) is 28.0 Å². The van der Waals surface area contributed by atoms with Crippen LogP contribution in [0, 0.1) is 18.6 Å². The predicted molar refractivity (Wildman–Crippen MR) is 56.6 cm³/mol. The lowest BCUT2D eigenvalue weighted by Crippen LogP contribution is -2.09. The van der Waals surface area contributed by atoms with Crippen LogP contribution in [0.5, 0.6) is 17.2 Å². The molecule has 0 radical (unpaired) electrons. The van der Waals surface area contributed by atoms with Crippen LogP contribution >= 0.6 is 7.82 Å². The van der Waals surface area contributed by atoms with Crippen LogP contribution in [0.2, 0.25) is 0 Å². The second kappa shape index (κ2) is 2.91. The highest BCUT2D eigenvalue weighted by Gasteiger charge is 2.54. The summed E-state index contributed by atoms with van der Waals surface area (Å²) in [5, 5.41) is -0.303. The first-order valence-corrected chi connectivity index (χ1v) is 6.54. The normalized spacial score (nSPS) is 22.3. The van der Waals surface area contributed by atoms with Gasteiger partial charge in [0.15, 0.2) is 11.4 Å². The topological polar surface area (TPSA) is 75.0 Å². The van der Waals surface area contributed by atoms with Crippen molar-refractivity contribution in [3.63, 3.8) is 0 Å². The van der Waals surface area contributed by atoms with Crippen molar-refractivity contribution in [1.29, 1.82) is 0 Å². The van der Waals surface area contributed by atoms with Gasteiger partial charge >= 0.3 is 13.4 Å².